The number of aromatic nitrogens is 5. The van der Waals surface area contributed by atoms with Crippen LogP contribution in [0.1, 0.15) is 12.5 Å². The molecular formula is C10H8N6O2. The van der Waals surface area contributed by atoms with Crippen LogP contribution in [-0.4, -0.2) is 29.9 Å². The molecule has 0 amide bonds. The van der Waals surface area contributed by atoms with Gasteiger partial charge >= 0.3 is 0 Å². The van der Waals surface area contributed by atoms with Crippen LogP contribution in [-0.2, 0) is 6.42 Å². The third-order valence-electron chi connectivity index (χ3n) is 2.81. The first kappa shape index (κ1) is 10.5. The van der Waals surface area contributed by atoms with Gasteiger partial charge in [0, 0.05) is 5.56 Å². The summed E-state index contributed by atoms with van der Waals surface area (Å²) in [6, 6.07) is 3.46. The van der Waals surface area contributed by atoms with Gasteiger partial charge in [0.25, 0.3) is 5.69 Å². The molecule has 0 fully saturated rings. The molecule has 0 atom stereocenters. The molecule has 0 radical (unpaired) electrons. The lowest BCUT2D eigenvalue weighted by molar-refractivity contribution is -0.383. The number of hydrogen-bond acceptors (Lipinski definition) is 6. The Morgan fingerprint density at radius 1 is 1.44 bits per heavy atom. The molecule has 3 aromatic rings. The van der Waals surface area contributed by atoms with Crippen molar-refractivity contribution in [3.05, 3.63) is 34.0 Å². The van der Waals surface area contributed by atoms with Crippen molar-refractivity contribution in [1.29, 1.82) is 0 Å². The Kier molecular flexibility index (Phi) is 2.15. The fourth-order valence-corrected chi connectivity index (χ4v) is 1.97. The number of aryl methyl sites for hydroxylation is 1. The Bertz CT molecular complexity index is 765. The first-order valence-corrected chi connectivity index (χ1v) is 5.35. The SMILES string of the molecule is CCc1ccc2c(ncc3nnnn32)c1[N+](=O)[O-]. The molecule has 0 aliphatic carbocycles. The largest absolute Gasteiger partial charge is 0.300 e. The lowest BCUT2D eigenvalue weighted by Crippen LogP contribution is -2.00. The van der Waals surface area contributed by atoms with Gasteiger partial charge in [-0.1, -0.05) is 6.92 Å². The van der Waals surface area contributed by atoms with Crippen LogP contribution >= 0.6 is 0 Å². The molecule has 0 aliphatic rings. The van der Waals surface area contributed by atoms with E-state index in [2.05, 4.69) is 20.5 Å². The van der Waals surface area contributed by atoms with Crippen molar-refractivity contribution < 1.29 is 4.92 Å². The average molecular weight is 244 g/mol. The first-order valence-electron chi connectivity index (χ1n) is 5.35. The first-order chi connectivity index (χ1) is 8.72. The zero-order valence-corrected chi connectivity index (χ0v) is 9.44. The highest BCUT2D eigenvalue weighted by molar-refractivity contribution is 5.87. The van der Waals surface area contributed by atoms with Gasteiger partial charge in [-0.15, -0.1) is 5.10 Å². The summed E-state index contributed by atoms with van der Waals surface area (Å²) in [5, 5.41) is 22.2. The number of tetrazole rings is 1. The number of hydrogen-bond donors (Lipinski definition) is 0. The van der Waals surface area contributed by atoms with Gasteiger partial charge < -0.3 is 0 Å². The van der Waals surface area contributed by atoms with Crippen LogP contribution in [0, 0.1) is 10.1 Å². The Balaban J connectivity index is 2.50. The van der Waals surface area contributed by atoms with Crippen LogP contribution in [0.2, 0.25) is 0 Å². The van der Waals surface area contributed by atoms with Crippen molar-refractivity contribution in [3.8, 4) is 0 Å². The van der Waals surface area contributed by atoms with E-state index >= 15 is 0 Å². The van der Waals surface area contributed by atoms with E-state index in [1.54, 1.807) is 12.1 Å². The van der Waals surface area contributed by atoms with Crippen LogP contribution in [0.5, 0.6) is 0 Å². The maximum absolute atomic E-state index is 11.2. The highest BCUT2D eigenvalue weighted by Crippen LogP contribution is 2.28. The molecule has 8 heteroatoms. The third kappa shape index (κ3) is 1.32. The normalized spacial score (nSPS) is 11.2. The van der Waals surface area contributed by atoms with Crippen LogP contribution in [0.4, 0.5) is 5.69 Å². The molecule has 90 valence electrons. The van der Waals surface area contributed by atoms with Crippen molar-refractivity contribution in [2.24, 2.45) is 0 Å². The second-order valence-corrected chi connectivity index (χ2v) is 3.76. The second kappa shape index (κ2) is 3.69. The van der Waals surface area contributed by atoms with E-state index in [-0.39, 0.29) is 5.69 Å². The maximum Gasteiger partial charge on any atom is 0.300 e. The molecule has 0 bridgehead atoms. The molecule has 0 N–H and O–H groups in total. The van der Waals surface area contributed by atoms with Crippen LogP contribution < -0.4 is 0 Å². The summed E-state index contributed by atoms with van der Waals surface area (Å²) >= 11 is 0. The quantitative estimate of drug-likeness (QED) is 0.495. The molecule has 18 heavy (non-hydrogen) atoms. The molecule has 1 aromatic carbocycles. The summed E-state index contributed by atoms with van der Waals surface area (Å²) in [6.45, 7) is 1.86. The lowest BCUT2D eigenvalue weighted by Gasteiger charge is -2.04. The van der Waals surface area contributed by atoms with Crippen molar-refractivity contribution in [3.63, 3.8) is 0 Å². The van der Waals surface area contributed by atoms with E-state index in [1.165, 1.54) is 10.7 Å². The summed E-state index contributed by atoms with van der Waals surface area (Å²) in [5.41, 5.74) is 1.96. The second-order valence-electron chi connectivity index (χ2n) is 3.76. The third-order valence-corrected chi connectivity index (χ3v) is 2.81. The Labute approximate surface area is 100 Å². The van der Waals surface area contributed by atoms with Gasteiger partial charge in [0.2, 0.25) is 0 Å². The van der Waals surface area contributed by atoms with Crippen molar-refractivity contribution >= 4 is 22.4 Å². The van der Waals surface area contributed by atoms with Gasteiger partial charge in [0.15, 0.2) is 11.2 Å². The summed E-state index contributed by atoms with van der Waals surface area (Å²) in [4.78, 5) is 14.9. The minimum Gasteiger partial charge on any atom is -0.258 e. The molecule has 0 saturated heterocycles. The molecule has 8 nitrogen and oxygen atoms in total. The van der Waals surface area contributed by atoms with Crippen molar-refractivity contribution in [2.45, 2.75) is 13.3 Å². The maximum atomic E-state index is 11.2. The summed E-state index contributed by atoms with van der Waals surface area (Å²) in [6.07, 6.45) is 2.00. The summed E-state index contributed by atoms with van der Waals surface area (Å²) in [7, 11) is 0. The van der Waals surface area contributed by atoms with Gasteiger partial charge in [-0.25, -0.2) is 4.98 Å². The Morgan fingerprint density at radius 2 is 2.28 bits per heavy atom. The van der Waals surface area contributed by atoms with Crippen molar-refractivity contribution in [2.75, 3.05) is 0 Å². The zero-order chi connectivity index (χ0) is 12.7. The van der Waals surface area contributed by atoms with Crippen LogP contribution in [0.15, 0.2) is 18.3 Å². The Morgan fingerprint density at radius 3 is 3.00 bits per heavy atom. The van der Waals surface area contributed by atoms with Crippen LogP contribution in [0.25, 0.3) is 16.7 Å². The minimum absolute atomic E-state index is 0.0207. The summed E-state index contributed by atoms with van der Waals surface area (Å²) < 4.78 is 1.44. The molecular weight excluding hydrogens is 236 g/mol. The van der Waals surface area contributed by atoms with E-state index in [9.17, 15) is 10.1 Å². The molecule has 0 saturated carbocycles. The van der Waals surface area contributed by atoms with Gasteiger partial charge in [0.1, 0.15) is 5.52 Å². The van der Waals surface area contributed by atoms with E-state index in [4.69, 9.17) is 0 Å². The lowest BCUT2D eigenvalue weighted by atomic mass is 10.1. The molecule has 0 unspecified atom stereocenters. The van der Waals surface area contributed by atoms with Gasteiger partial charge in [0.05, 0.1) is 11.1 Å². The average Bonchev–Trinajstić information content (AvgIpc) is 2.85. The highest BCUT2D eigenvalue weighted by atomic mass is 16.6. The number of rotatable bonds is 2. The van der Waals surface area contributed by atoms with Gasteiger partial charge in [-0.05, 0) is 29.0 Å². The monoisotopic (exact) mass is 244 g/mol. The molecule has 2 aromatic heterocycles. The standard InChI is InChI=1S/C10H8N6O2/c1-2-6-3-4-7-9(10(6)16(17)18)11-5-8-12-13-14-15(7)8/h3-5H,2H2,1H3. The molecule has 2 heterocycles. The smallest absolute Gasteiger partial charge is 0.258 e. The van der Waals surface area contributed by atoms with Gasteiger partial charge in [-0.2, -0.15) is 4.52 Å². The highest BCUT2D eigenvalue weighted by Gasteiger charge is 2.20. The van der Waals surface area contributed by atoms with E-state index in [1.807, 2.05) is 6.92 Å². The summed E-state index contributed by atoms with van der Waals surface area (Å²) in [5.74, 6) is 0. The minimum atomic E-state index is -0.412. The van der Waals surface area contributed by atoms with E-state index in [0.717, 1.165) is 0 Å². The molecule has 0 spiro atoms. The predicted octanol–water partition coefficient (Wildman–Crippen LogP) is 1.14. The fourth-order valence-electron chi connectivity index (χ4n) is 1.97. The number of nitro benzene ring substituents is 1. The molecule has 0 aliphatic heterocycles. The number of fused-ring (bicyclic) bond motifs is 3. The fraction of sp³-hybridized carbons (Fsp3) is 0.200. The molecule has 3 rings (SSSR count). The van der Waals surface area contributed by atoms with Crippen LogP contribution in [0.3, 0.4) is 0 Å². The van der Waals surface area contributed by atoms with Crippen molar-refractivity contribution in [1.82, 2.24) is 25.0 Å². The topological polar surface area (TPSA) is 99.1 Å². The van der Waals surface area contributed by atoms with Gasteiger partial charge in [-0.3, -0.25) is 10.1 Å². The Hall–Kier alpha value is -2.64. The van der Waals surface area contributed by atoms with E-state index < -0.39 is 4.92 Å². The zero-order valence-electron chi connectivity index (χ0n) is 9.44. The van der Waals surface area contributed by atoms with E-state index in [0.29, 0.717) is 28.7 Å². The number of nitro groups is 1. The number of nitrogens with zero attached hydrogens (tertiary/aromatic N) is 6. The predicted molar refractivity (Wildman–Crippen MR) is 62.1 cm³/mol. The number of benzene rings is 1.